The van der Waals surface area contributed by atoms with Crippen LogP contribution in [0, 0.1) is 20.8 Å². The van der Waals surface area contributed by atoms with Crippen molar-refractivity contribution in [3.05, 3.63) is 181 Å². The van der Waals surface area contributed by atoms with Crippen molar-refractivity contribution >= 4 is 21.8 Å². The standard InChI is InChI=1S/C47H36N4O3/c1-31-20-21-48-46(26-31)51-42-17-11-10-16-40(42)41-19-18-38(28-43(41)51)52-39-23-32(2)22-35(27-39)50-30-34(29-49-50)47-44(53-36-12-6-4-7-13-36)24-33(3)25-45(47)54-37-14-8-5-9-15-37/h4-30H,1-3H3. The number of nitrogens with zero attached hydrogens (tertiary/aromatic N) is 4. The summed E-state index contributed by atoms with van der Waals surface area (Å²) < 4.78 is 23.6. The Bertz CT molecular complexity index is 2720. The van der Waals surface area contributed by atoms with Gasteiger partial charge in [-0.15, -0.1) is 0 Å². The quantitative estimate of drug-likeness (QED) is 0.150. The molecule has 0 bridgehead atoms. The number of hydrogen-bond donors (Lipinski definition) is 0. The fourth-order valence-corrected chi connectivity index (χ4v) is 6.95. The van der Waals surface area contributed by atoms with Crippen LogP contribution in [-0.4, -0.2) is 19.3 Å². The van der Waals surface area contributed by atoms with E-state index in [4.69, 9.17) is 24.3 Å². The molecule has 0 saturated carbocycles. The monoisotopic (exact) mass is 704 g/mol. The summed E-state index contributed by atoms with van der Waals surface area (Å²) in [5.74, 6) is 5.11. The number of hydrogen-bond acceptors (Lipinski definition) is 5. The Morgan fingerprint density at radius 3 is 1.89 bits per heavy atom. The van der Waals surface area contributed by atoms with Crippen molar-refractivity contribution in [3.63, 3.8) is 0 Å². The predicted molar refractivity (Wildman–Crippen MR) is 215 cm³/mol. The Hall–Kier alpha value is -7.12. The predicted octanol–water partition coefficient (Wildman–Crippen LogP) is 12.3. The smallest absolute Gasteiger partial charge is 0.139 e. The number of para-hydroxylation sites is 3. The average molecular weight is 705 g/mol. The van der Waals surface area contributed by atoms with E-state index in [2.05, 4.69) is 66.9 Å². The molecule has 0 saturated heterocycles. The summed E-state index contributed by atoms with van der Waals surface area (Å²) in [5.41, 5.74) is 7.82. The summed E-state index contributed by atoms with van der Waals surface area (Å²) in [6.45, 7) is 6.18. The van der Waals surface area contributed by atoms with Crippen molar-refractivity contribution in [3.8, 4) is 57.1 Å². The SMILES string of the molecule is Cc1cc(Oc2ccc3c4ccccc4n(-c4cc(C)ccn4)c3c2)cc(-n2cc(-c3c(Oc4ccccc4)cc(C)cc3Oc3ccccc3)cn2)c1. The highest BCUT2D eigenvalue weighted by molar-refractivity contribution is 6.09. The van der Waals surface area contributed by atoms with E-state index < -0.39 is 0 Å². The molecule has 0 fully saturated rings. The van der Waals surface area contributed by atoms with Gasteiger partial charge in [-0.3, -0.25) is 4.57 Å². The Kier molecular flexibility index (Phi) is 8.36. The minimum atomic E-state index is 0.675. The highest BCUT2D eigenvalue weighted by Gasteiger charge is 2.20. The molecule has 0 spiro atoms. The number of fused-ring (bicyclic) bond motifs is 3. The van der Waals surface area contributed by atoms with Gasteiger partial charge in [-0.25, -0.2) is 9.67 Å². The van der Waals surface area contributed by atoms with Gasteiger partial charge in [0, 0.05) is 40.9 Å². The van der Waals surface area contributed by atoms with Crippen molar-refractivity contribution in [2.24, 2.45) is 0 Å². The van der Waals surface area contributed by atoms with Crippen LogP contribution in [0.3, 0.4) is 0 Å². The van der Waals surface area contributed by atoms with E-state index in [1.807, 2.05) is 127 Å². The minimum Gasteiger partial charge on any atom is -0.457 e. The first-order valence-corrected chi connectivity index (χ1v) is 17.9. The third-order valence-corrected chi connectivity index (χ3v) is 9.33. The van der Waals surface area contributed by atoms with Crippen LogP contribution in [0.4, 0.5) is 0 Å². The summed E-state index contributed by atoms with van der Waals surface area (Å²) >= 11 is 0. The van der Waals surface area contributed by atoms with Gasteiger partial charge in [0.15, 0.2) is 0 Å². The van der Waals surface area contributed by atoms with Gasteiger partial charge < -0.3 is 14.2 Å². The Morgan fingerprint density at radius 2 is 1.17 bits per heavy atom. The number of ether oxygens (including phenoxy) is 3. The second-order valence-electron chi connectivity index (χ2n) is 13.5. The number of aromatic nitrogens is 4. The van der Waals surface area contributed by atoms with E-state index in [1.54, 1.807) is 0 Å². The maximum atomic E-state index is 6.60. The van der Waals surface area contributed by atoms with Gasteiger partial charge in [-0.1, -0.05) is 54.6 Å². The van der Waals surface area contributed by atoms with E-state index in [-0.39, 0.29) is 0 Å². The Labute approximate surface area is 313 Å². The van der Waals surface area contributed by atoms with Gasteiger partial charge in [0.2, 0.25) is 0 Å². The molecule has 0 aliphatic carbocycles. The molecule has 3 heterocycles. The fraction of sp³-hybridized carbons (Fsp3) is 0.0638. The van der Waals surface area contributed by atoms with Crippen molar-refractivity contribution in [1.29, 1.82) is 0 Å². The minimum absolute atomic E-state index is 0.675. The molecular formula is C47H36N4O3. The lowest BCUT2D eigenvalue weighted by Gasteiger charge is -2.17. The first kappa shape index (κ1) is 32.8. The number of benzene rings is 6. The first-order valence-electron chi connectivity index (χ1n) is 17.9. The second kappa shape index (κ2) is 13.8. The number of pyridine rings is 1. The van der Waals surface area contributed by atoms with Gasteiger partial charge in [-0.2, -0.15) is 5.10 Å². The molecule has 0 radical (unpaired) electrons. The maximum Gasteiger partial charge on any atom is 0.139 e. The molecule has 0 atom stereocenters. The van der Waals surface area contributed by atoms with Crippen LogP contribution in [0.2, 0.25) is 0 Å². The molecular weight excluding hydrogens is 669 g/mol. The van der Waals surface area contributed by atoms with E-state index in [0.717, 1.165) is 78.4 Å². The molecule has 7 nitrogen and oxygen atoms in total. The second-order valence-corrected chi connectivity index (χ2v) is 13.5. The van der Waals surface area contributed by atoms with Crippen LogP contribution in [0.1, 0.15) is 16.7 Å². The third kappa shape index (κ3) is 6.44. The van der Waals surface area contributed by atoms with Crippen LogP contribution >= 0.6 is 0 Å². The highest BCUT2D eigenvalue weighted by Crippen LogP contribution is 2.44. The molecule has 9 aromatic rings. The molecule has 0 N–H and O–H groups in total. The van der Waals surface area contributed by atoms with Gasteiger partial charge in [0.05, 0.1) is 28.5 Å². The normalized spacial score (nSPS) is 11.2. The molecule has 0 unspecified atom stereocenters. The first-order chi connectivity index (χ1) is 26.4. The third-order valence-electron chi connectivity index (χ3n) is 9.33. The van der Waals surface area contributed by atoms with E-state index in [0.29, 0.717) is 17.2 Å². The highest BCUT2D eigenvalue weighted by atomic mass is 16.5. The summed E-state index contributed by atoms with van der Waals surface area (Å²) in [6, 6.07) is 48.5. The van der Waals surface area contributed by atoms with Gasteiger partial charge in [0.25, 0.3) is 0 Å². The van der Waals surface area contributed by atoms with E-state index >= 15 is 0 Å². The van der Waals surface area contributed by atoms with Crippen LogP contribution in [0.15, 0.2) is 164 Å². The molecule has 0 aliphatic rings. The summed E-state index contributed by atoms with van der Waals surface area (Å²) in [5, 5.41) is 7.13. The summed E-state index contributed by atoms with van der Waals surface area (Å²) in [6.07, 6.45) is 5.70. The van der Waals surface area contributed by atoms with Crippen molar-refractivity contribution in [2.45, 2.75) is 20.8 Å². The van der Waals surface area contributed by atoms with Crippen LogP contribution in [0.25, 0.3) is 44.4 Å². The number of rotatable bonds is 9. The lowest BCUT2D eigenvalue weighted by atomic mass is 10.0. The molecule has 0 amide bonds. The van der Waals surface area contributed by atoms with Crippen molar-refractivity contribution < 1.29 is 14.2 Å². The Balaban J connectivity index is 1.09. The lowest BCUT2D eigenvalue weighted by Crippen LogP contribution is -1.98. The largest absolute Gasteiger partial charge is 0.457 e. The van der Waals surface area contributed by atoms with Crippen molar-refractivity contribution in [1.82, 2.24) is 19.3 Å². The molecule has 9 rings (SSSR count). The maximum absolute atomic E-state index is 6.60. The molecule has 6 aromatic carbocycles. The van der Waals surface area contributed by atoms with Gasteiger partial charge >= 0.3 is 0 Å². The zero-order valence-electron chi connectivity index (χ0n) is 30.1. The summed E-state index contributed by atoms with van der Waals surface area (Å²) in [4.78, 5) is 4.73. The molecule has 3 aromatic heterocycles. The molecule has 54 heavy (non-hydrogen) atoms. The molecule has 7 heteroatoms. The summed E-state index contributed by atoms with van der Waals surface area (Å²) in [7, 11) is 0. The lowest BCUT2D eigenvalue weighted by molar-refractivity contribution is 0.463. The van der Waals surface area contributed by atoms with Gasteiger partial charge in [0.1, 0.15) is 40.3 Å². The topological polar surface area (TPSA) is 63.3 Å². The van der Waals surface area contributed by atoms with Gasteiger partial charge in [-0.05, 0) is 116 Å². The molecule has 0 aliphatic heterocycles. The van der Waals surface area contributed by atoms with E-state index in [9.17, 15) is 0 Å². The van der Waals surface area contributed by atoms with E-state index in [1.165, 1.54) is 0 Å². The van der Waals surface area contributed by atoms with Crippen LogP contribution < -0.4 is 14.2 Å². The van der Waals surface area contributed by atoms with Crippen LogP contribution in [-0.2, 0) is 0 Å². The zero-order chi connectivity index (χ0) is 36.6. The van der Waals surface area contributed by atoms with Crippen molar-refractivity contribution in [2.75, 3.05) is 0 Å². The molecule has 262 valence electrons. The average Bonchev–Trinajstić information content (AvgIpc) is 3.79. The zero-order valence-corrected chi connectivity index (χ0v) is 30.1. The number of aryl methyl sites for hydroxylation is 3. The van der Waals surface area contributed by atoms with Crippen LogP contribution in [0.5, 0.6) is 34.5 Å². The fourth-order valence-electron chi connectivity index (χ4n) is 6.95. The Morgan fingerprint density at radius 1 is 0.500 bits per heavy atom.